The number of ether oxygens (including phenoxy) is 1. The topological polar surface area (TPSA) is 26.3 Å². The third kappa shape index (κ3) is 1.86. The van der Waals surface area contributed by atoms with E-state index in [4.69, 9.17) is 0 Å². The average molecular weight is 182 g/mol. The predicted molar refractivity (Wildman–Crippen MR) is 46.9 cm³/mol. The van der Waals surface area contributed by atoms with Crippen LogP contribution in [0.2, 0.25) is 0 Å². The van der Waals surface area contributed by atoms with Gasteiger partial charge in [0.15, 0.2) is 0 Å². The molecule has 0 aliphatic carbocycles. The smallest absolute Gasteiger partial charge is 0.348 e. The zero-order chi connectivity index (χ0) is 9.90. The molecule has 0 fully saturated rings. The van der Waals surface area contributed by atoms with E-state index >= 15 is 0 Å². The van der Waals surface area contributed by atoms with E-state index in [0.29, 0.717) is 5.56 Å². The molecule has 1 aromatic rings. The molecule has 13 heavy (non-hydrogen) atoms. The van der Waals surface area contributed by atoms with Crippen LogP contribution >= 0.6 is 0 Å². The second-order valence-electron chi connectivity index (χ2n) is 2.86. The number of carbonyl (C=O) groups excluding carboxylic acids is 1. The zero-order valence-electron chi connectivity index (χ0n) is 7.58. The molecule has 0 aromatic heterocycles. The SMILES string of the molecule is COC(=O)C(C)(F)c1ccccc1. The van der Waals surface area contributed by atoms with E-state index in [-0.39, 0.29) is 0 Å². The maximum Gasteiger partial charge on any atom is 0.348 e. The number of benzene rings is 1. The predicted octanol–water partition coefficient (Wildman–Crippen LogP) is 2.04. The van der Waals surface area contributed by atoms with Gasteiger partial charge in [0, 0.05) is 5.56 Å². The highest BCUT2D eigenvalue weighted by Gasteiger charge is 2.35. The van der Waals surface area contributed by atoms with E-state index in [1.165, 1.54) is 14.0 Å². The second-order valence-corrected chi connectivity index (χ2v) is 2.86. The maximum absolute atomic E-state index is 13.7. The Balaban J connectivity index is 3.00. The molecule has 1 unspecified atom stereocenters. The van der Waals surface area contributed by atoms with Gasteiger partial charge in [-0.1, -0.05) is 30.3 Å². The minimum Gasteiger partial charge on any atom is -0.466 e. The summed E-state index contributed by atoms with van der Waals surface area (Å²) in [6.45, 7) is 1.19. The van der Waals surface area contributed by atoms with Crippen molar-refractivity contribution in [2.75, 3.05) is 7.11 Å². The number of esters is 1. The molecule has 0 saturated carbocycles. The Hall–Kier alpha value is -1.38. The molecule has 1 atom stereocenters. The van der Waals surface area contributed by atoms with E-state index in [2.05, 4.69) is 4.74 Å². The average Bonchev–Trinajstić information content (AvgIpc) is 2.18. The number of alkyl halides is 1. The van der Waals surface area contributed by atoms with Gasteiger partial charge in [0.05, 0.1) is 7.11 Å². The molecule has 0 saturated heterocycles. The first-order valence-electron chi connectivity index (χ1n) is 3.92. The maximum atomic E-state index is 13.7. The highest BCUT2D eigenvalue weighted by Crippen LogP contribution is 2.26. The Morgan fingerprint density at radius 3 is 2.38 bits per heavy atom. The van der Waals surface area contributed by atoms with E-state index in [0.717, 1.165) is 0 Å². The fraction of sp³-hybridized carbons (Fsp3) is 0.300. The zero-order valence-corrected chi connectivity index (χ0v) is 7.58. The fourth-order valence-corrected chi connectivity index (χ4v) is 1.06. The quantitative estimate of drug-likeness (QED) is 0.654. The molecule has 0 bridgehead atoms. The molecule has 0 N–H and O–H groups in total. The molecule has 0 spiro atoms. The Kier molecular flexibility index (Phi) is 2.66. The number of carbonyl (C=O) groups is 1. The van der Waals surface area contributed by atoms with Gasteiger partial charge in [-0.25, -0.2) is 9.18 Å². The molecule has 70 valence electrons. The van der Waals surface area contributed by atoms with Crippen molar-refractivity contribution in [1.29, 1.82) is 0 Å². The summed E-state index contributed by atoms with van der Waals surface area (Å²) in [6.07, 6.45) is 0. The molecule has 3 heteroatoms. The summed E-state index contributed by atoms with van der Waals surface area (Å²) in [6, 6.07) is 8.22. The van der Waals surface area contributed by atoms with Crippen LogP contribution in [0.5, 0.6) is 0 Å². The van der Waals surface area contributed by atoms with Gasteiger partial charge in [-0.3, -0.25) is 0 Å². The summed E-state index contributed by atoms with van der Waals surface area (Å²) >= 11 is 0. The highest BCUT2D eigenvalue weighted by molar-refractivity contribution is 5.80. The minimum absolute atomic E-state index is 0.307. The standard InChI is InChI=1S/C10H11FO2/c1-10(11,9(12)13-2)8-6-4-3-5-7-8/h3-7H,1-2H3. The third-order valence-corrected chi connectivity index (χ3v) is 1.88. The van der Waals surface area contributed by atoms with Crippen molar-refractivity contribution < 1.29 is 13.9 Å². The molecule has 0 radical (unpaired) electrons. The van der Waals surface area contributed by atoms with Gasteiger partial charge < -0.3 is 4.74 Å². The van der Waals surface area contributed by atoms with Crippen LogP contribution in [-0.4, -0.2) is 13.1 Å². The summed E-state index contributed by atoms with van der Waals surface area (Å²) < 4.78 is 18.1. The van der Waals surface area contributed by atoms with Crippen molar-refractivity contribution in [1.82, 2.24) is 0 Å². The lowest BCUT2D eigenvalue weighted by Gasteiger charge is -2.17. The number of rotatable bonds is 2. The van der Waals surface area contributed by atoms with Crippen LogP contribution in [0.25, 0.3) is 0 Å². The summed E-state index contributed by atoms with van der Waals surface area (Å²) in [5, 5.41) is 0. The Morgan fingerprint density at radius 2 is 1.92 bits per heavy atom. The van der Waals surface area contributed by atoms with Gasteiger partial charge in [-0.05, 0) is 6.92 Å². The largest absolute Gasteiger partial charge is 0.466 e. The number of hydrogen-bond donors (Lipinski definition) is 0. The minimum atomic E-state index is -2.06. The first-order valence-corrected chi connectivity index (χ1v) is 3.92. The van der Waals surface area contributed by atoms with Crippen molar-refractivity contribution in [3.63, 3.8) is 0 Å². The molecule has 1 aromatic carbocycles. The van der Waals surface area contributed by atoms with Crippen LogP contribution in [0.4, 0.5) is 4.39 Å². The lowest BCUT2D eigenvalue weighted by atomic mass is 9.98. The summed E-state index contributed by atoms with van der Waals surface area (Å²) in [5.74, 6) is -0.876. The number of halogens is 1. The molecule has 0 aliphatic rings. The molecule has 1 rings (SSSR count). The molecule has 2 nitrogen and oxygen atoms in total. The number of hydrogen-bond acceptors (Lipinski definition) is 2. The van der Waals surface area contributed by atoms with E-state index < -0.39 is 11.6 Å². The van der Waals surface area contributed by atoms with Gasteiger partial charge in [-0.2, -0.15) is 0 Å². The van der Waals surface area contributed by atoms with Gasteiger partial charge in [0.1, 0.15) is 0 Å². The number of methoxy groups -OCH3 is 1. The van der Waals surface area contributed by atoms with Gasteiger partial charge >= 0.3 is 5.97 Å². The Labute approximate surface area is 76.3 Å². The van der Waals surface area contributed by atoms with Crippen molar-refractivity contribution in [3.8, 4) is 0 Å². The van der Waals surface area contributed by atoms with Crippen LogP contribution in [0.1, 0.15) is 12.5 Å². The lowest BCUT2D eigenvalue weighted by Crippen LogP contribution is -2.28. The lowest BCUT2D eigenvalue weighted by molar-refractivity contribution is -0.154. The van der Waals surface area contributed by atoms with E-state index in [9.17, 15) is 9.18 Å². The monoisotopic (exact) mass is 182 g/mol. The van der Waals surface area contributed by atoms with Crippen molar-refractivity contribution in [2.45, 2.75) is 12.6 Å². The summed E-state index contributed by atoms with van der Waals surface area (Å²) in [4.78, 5) is 11.0. The molecular formula is C10H11FO2. The fourth-order valence-electron chi connectivity index (χ4n) is 1.06. The Bertz CT molecular complexity index is 293. The van der Waals surface area contributed by atoms with Crippen LogP contribution in [0.3, 0.4) is 0 Å². The van der Waals surface area contributed by atoms with E-state index in [1.807, 2.05) is 0 Å². The van der Waals surface area contributed by atoms with Crippen LogP contribution in [-0.2, 0) is 15.2 Å². The van der Waals surface area contributed by atoms with Gasteiger partial charge in [0.2, 0.25) is 5.67 Å². The molecular weight excluding hydrogens is 171 g/mol. The molecule has 0 heterocycles. The highest BCUT2D eigenvalue weighted by atomic mass is 19.1. The van der Waals surface area contributed by atoms with Gasteiger partial charge in [-0.15, -0.1) is 0 Å². The Morgan fingerprint density at radius 1 is 1.38 bits per heavy atom. The van der Waals surface area contributed by atoms with Crippen molar-refractivity contribution in [2.24, 2.45) is 0 Å². The van der Waals surface area contributed by atoms with Crippen LogP contribution in [0.15, 0.2) is 30.3 Å². The molecule has 0 amide bonds. The van der Waals surface area contributed by atoms with Crippen molar-refractivity contribution >= 4 is 5.97 Å². The van der Waals surface area contributed by atoms with Crippen LogP contribution in [0, 0.1) is 0 Å². The van der Waals surface area contributed by atoms with Crippen molar-refractivity contribution in [3.05, 3.63) is 35.9 Å². The summed E-state index contributed by atoms with van der Waals surface area (Å²) in [7, 11) is 1.17. The van der Waals surface area contributed by atoms with Crippen LogP contribution < -0.4 is 0 Å². The van der Waals surface area contributed by atoms with E-state index in [1.54, 1.807) is 30.3 Å². The normalized spacial score (nSPS) is 14.7. The third-order valence-electron chi connectivity index (χ3n) is 1.88. The molecule has 0 aliphatic heterocycles. The summed E-state index contributed by atoms with van der Waals surface area (Å²) in [5.41, 5.74) is -1.75. The van der Waals surface area contributed by atoms with Gasteiger partial charge in [0.25, 0.3) is 0 Å². The second kappa shape index (κ2) is 3.56. The first kappa shape index (κ1) is 9.71. The first-order chi connectivity index (χ1) is 6.09.